The number of aliphatic hydroxyl groups is 1. The summed E-state index contributed by atoms with van der Waals surface area (Å²) in [5.41, 5.74) is 1.11. The smallest absolute Gasteiger partial charge is 0.223 e. The van der Waals surface area contributed by atoms with Crippen LogP contribution in [0.15, 0.2) is 72.8 Å². The Hall–Kier alpha value is -2.89. The van der Waals surface area contributed by atoms with Gasteiger partial charge in [-0.25, -0.2) is 0 Å². The van der Waals surface area contributed by atoms with E-state index < -0.39 is 6.10 Å². The van der Waals surface area contributed by atoms with Gasteiger partial charge in [-0.3, -0.25) is 4.79 Å². The first kappa shape index (κ1) is 21.3. The summed E-state index contributed by atoms with van der Waals surface area (Å²) in [6.07, 6.45) is 1.08. The van der Waals surface area contributed by atoms with E-state index in [1.807, 2.05) is 60.7 Å². The Labute approximate surface area is 183 Å². The molecule has 0 spiro atoms. The average molecular weight is 419 g/mol. The molecule has 1 atom stereocenters. The zero-order valence-electron chi connectivity index (χ0n) is 17.7. The van der Waals surface area contributed by atoms with E-state index in [0.717, 1.165) is 42.6 Å². The van der Waals surface area contributed by atoms with Crippen LogP contribution in [0.25, 0.3) is 10.8 Å². The molecule has 0 aliphatic carbocycles. The van der Waals surface area contributed by atoms with Crippen molar-refractivity contribution in [3.63, 3.8) is 0 Å². The van der Waals surface area contributed by atoms with Crippen molar-refractivity contribution >= 4 is 16.7 Å². The molecule has 5 heteroatoms. The summed E-state index contributed by atoms with van der Waals surface area (Å²) in [5, 5.41) is 15.8. The number of rotatable bonds is 8. The fourth-order valence-corrected chi connectivity index (χ4v) is 4.11. The number of nitrogens with one attached hydrogen (secondary N) is 1. The molecule has 2 N–H and O–H groups in total. The Morgan fingerprint density at radius 1 is 1.00 bits per heavy atom. The number of piperidine rings is 1. The van der Waals surface area contributed by atoms with Crippen LogP contribution in [-0.2, 0) is 11.3 Å². The molecule has 162 valence electrons. The SMILES string of the molecule is O=C(NCc1ccccc1)C1CCN(CC(O)COc2ccc3ccccc3c2)CC1. The van der Waals surface area contributed by atoms with Crippen LogP contribution in [0.3, 0.4) is 0 Å². The molecule has 1 heterocycles. The summed E-state index contributed by atoms with van der Waals surface area (Å²) in [7, 11) is 0. The Morgan fingerprint density at radius 3 is 2.48 bits per heavy atom. The number of aliphatic hydroxyl groups excluding tert-OH is 1. The highest BCUT2D eigenvalue weighted by atomic mass is 16.5. The lowest BCUT2D eigenvalue weighted by molar-refractivity contribution is -0.126. The summed E-state index contributed by atoms with van der Waals surface area (Å²) in [4.78, 5) is 14.7. The number of β-amino-alcohol motifs (C(OH)–C–C–N with tert-alkyl or cyclic N) is 1. The van der Waals surface area contributed by atoms with Crippen molar-refractivity contribution in [3.8, 4) is 5.75 Å². The van der Waals surface area contributed by atoms with Crippen molar-refractivity contribution in [1.82, 2.24) is 10.2 Å². The van der Waals surface area contributed by atoms with Crippen LogP contribution in [0.1, 0.15) is 18.4 Å². The molecule has 0 aromatic heterocycles. The second-order valence-electron chi connectivity index (χ2n) is 8.25. The van der Waals surface area contributed by atoms with Gasteiger partial charge >= 0.3 is 0 Å². The largest absolute Gasteiger partial charge is 0.491 e. The lowest BCUT2D eigenvalue weighted by Gasteiger charge is -2.32. The maximum Gasteiger partial charge on any atom is 0.223 e. The molecular formula is C26H30N2O3. The highest BCUT2D eigenvalue weighted by Crippen LogP contribution is 2.21. The van der Waals surface area contributed by atoms with E-state index >= 15 is 0 Å². The van der Waals surface area contributed by atoms with E-state index in [2.05, 4.69) is 22.3 Å². The molecule has 0 saturated carbocycles. The first-order chi connectivity index (χ1) is 15.2. The first-order valence-electron chi connectivity index (χ1n) is 11.0. The van der Waals surface area contributed by atoms with E-state index in [1.54, 1.807) is 0 Å². The zero-order chi connectivity index (χ0) is 21.5. The van der Waals surface area contributed by atoms with Gasteiger partial charge in [0.1, 0.15) is 18.5 Å². The number of fused-ring (bicyclic) bond motifs is 1. The minimum atomic E-state index is -0.560. The molecule has 3 aromatic carbocycles. The lowest BCUT2D eigenvalue weighted by atomic mass is 9.95. The fraction of sp³-hybridized carbons (Fsp3) is 0.346. The quantitative estimate of drug-likeness (QED) is 0.587. The van der Waals surface area contributed by atoms with Gasteiger partial charge < -0.3 is 20.1 Å². The van der Waals surface area contributed by atoms with Gasteiger partial charge in [0.2, 0.25) is 5.91 Å². The van der Waals surface area contributed by atoms with Crippen LogP contribution in [0.5, 0.6) is 5.75 Å². The summed E-state index contributed by atoms with van der Waals surface area (Å²) >= 11 is 0. The molecule has 1 saturated heterocycles. The fourth-order valence-electron chi connectivity index (χ4n) is 4.11. The highest BCUT2D eigenvalue weighted by molar-refractivity contribution is 5.83. The van der Waals surface area contributed by atoms with Crippen molar-refractivity contribution in [2.75, 3.05) is 26.2 Å². The summed E-state index contributed by atoms with van der Waals surface area (Å²) in [5.74, 6) is 0.946. The van der Waals surface area contributed by atoms with E-state index in [0.29, 0.717) is 13.1 Å². The third-order valence-electron chi connectivity index (χ3n) is 5.90. The summed E-state index contributed by atoms with van der Waals surface area (Å²) in [6, 6.07) is 24.1. The number of carbonyl (C=O) groups excluding carboxylic acids is 1. The third-order valence-corrected chi connectivity index (χ3v) is 5.90. The summed E-state index contributed by atoms with van der Waals surface area (Å²) < 4.78 is 5.81. The van der Waals surface area contributed by atoms with Crippen molar-refractivity contribution in [2.24, 2.45) is 5.92 Å². The van der Waals surface area contributed by atoms with Crippen molar-refractivity contribution in [1.29, 1.82) is 0 Å². The predicted molar refractivity (Wildman–Crippen MR) is 123 cm³/mol. The minimum Gasteiger partial charge on any atom is -0.491 e. The average Bonchev–Trinajstić information content (AvgIpc) is 2.82. The van der Waals surface area contributed by atoms with Crippen molar-refractivity contribution in [3.05, 3.63) is 78.4 Å². The van der Waals surface area contributed by atoms with Crippen LogP contribution in [-0.4, -0.2) is 48.3 Å². The van der Waals surface area contributed by atoms with E-state index in [-0.39, 0.29) is 18.4 Å². The van der Waals surface area contributed by atoms with Gasteiger partial charge in [-0.15, -0.1) is 0 Å². The minimum absolute atomic E-state index is 0.0472. The lowest BCUT2D eigenvalue weighted by Crippen LogP contribution is -2.44. The number of amides is 1. The molecule has 1 unspecified atom stereocenters. The summed E-state index contributed by atoms with van der Waals surface area (Å²) in [6.45, 7) is 3.03. The molecule has 0 bridgehead atoms. The van der Waals surface area contributed by atoms with Gasteiger partial charge in [0, 0.05) is 19.0 Å². The predicted octanol–water partition coefficient (Wildman–Crippen LogP) is 3.61. The number of hydrogen-bond acceptors (Lipinski definition) is 4. The molecule has 1 amide bonds. The second kappa shape index (κ2) is 10.4. The Kier molecular flexibility index (Phi) is 7.18. The van der Waals surface area contributed by atoms with Crippen LogP contribution >= 0.6 is 0 Å². The van der Waals surface area contributed by atoms with Gasteiger partial charge in [-0.2, -0.15) is 0 Å². The molecule has 3 aromatic rings. The van der Waals surface area contributed by atoms with Gasteiger partial charge in [-0.1, -0.05) is 60.7 Å². The van der Waals surface area contributed by atoms with Gasteiger partial charge in [0.15, 0.2) is 0 Å². The van der Waals surface area contributed by atoms with Gasteiger partial charge in [0.05, 0.1) is 0 Å². The molecule has 1 fully saturated rings. The maximum atomic E-state index is 12.5. The Balaban J connectivity index is 1.17. The van der Waals surface area contributed by atoms with Crippen LogP contribution in [0.4, 0.5) is 0 Å². The number of hydrogen-bond donors (Lipinski definition) is 2. The Morgan fingerprint density at radius 2 is 1.71 bits per heavy atom. The van der Waals surface area contributed by atoms with Crippen LogP contribution < -0.4 is 10.1 Å². The molecular weight excluding hydrogens is 388 g/mol. The van der Waals surface area contributed by atoms with Crippen molar-refractivity contribution < 1.29 is 14.6 Å². The molecule has 1 aliphatic heterocycles. The third kappa shape index (κ3) is 6.06. The van der Waals surface area contributed by atoms with E-state index in [9.17, 15) is 9.90 Å². The van der Waals surface area contributed by atoms with Gasteiger partial charge in [-0.05, 0) is 54.4 Å². The number of nitrogens with zero attached hydrogens (tertiary/aromatic N) is 1. The normalized spacial score (nSPS) is 16.2. The Bertz CT molecular complexity index is 984. The number of carbonyl (C=O) groups is 1. The standard InChI is InChI=1S/C26H30N2O3/c29-24(19-31-25-11-10-21-8-4-5-9-23(21)16-25)18-28-14-12-22(13-15-28)26(30)27-17-20-6-2-1-3-7-20/h1-11,16,22,24,29H,12-15,17-19H2,(H,27,30). The van der Waals surface area contributed by atoms with Crippen molar-refractivity contribution in [2.45, 2.75) is 25.5 Å². The number of likely N-dealkylation sites (tertiary alicyclic amines) is 1. The molecule has 0 radical (unpaired) electrons. The zero-order valence-corrected chi connectivity index (χ0v) is 17.7. The van der Waals surface area contributed by atoms with E-state index in [4.69, 9.17) is 4.74 Å². The number of benzene rings is 3. The van der Waals surface area contributed by atoms with Crippen LogP contribution in [0.2, 0.25) is 0 Å². The molecule has 31 heavy (non-hydrogen) atoms. The highest BCUT2D eigenvalue weighted by Gasteiger charge is 2.25. The maximum absolute atomic E-state index is 12.5. The number of ether oxygens (including phenoxy) is 1. The second-order valence-corrected chi connectivity index (χ2v) is 8.25. The van der Waals surface area contributed by atoms with Gasteiger partial charge in [0.25, 0.3) is 0 Å². The topological polar surface area (TPSA) is 61.8 Å². The van der Waals surface area contributed by atoms with Crippen LogP contribution in [0, 0.1) is 5.92 Å². The molecule has 4 rings (SSSR count). The monoisotopic (exact) mass is 418 g/mol. The molecule has 1 aliphatic rings. The van der Waals surface area contributed by atoms with E-state index in [1.165, 1.54) is 5.39 Å². The first-order valence-corrected chi connectivity index (χ1v) is 11.0. The molecule has 5 nitrogen and oxygen atoms in total.